The first-order chi connectivity index (χ1) is 6.62. The maximum Gasteiger partial charge on any atom is 0.264 e. The zero-order valence-corrected chi connectivity index (χ0v) is 11.1. The van der Waals surface area contributed by atoms with Gasteiger partial charge in [0.15, 0.2) is 0 Å². The van der Waals surface area contributed by atoms with Crippen molar-refractivity contribution < 1.29 is 13.0 Å². The molecule has 5 nitrogen and oxygen atoms in total. The van der Waals surface area contributed by atoms with Gasteiger partial charge in [0.25, 0.3) is 10.1 Å². The van der Waals surface area contributed by atoms with Crippen LogP contribution in [0.4, 0.5) is 0 Å². The molecule has 0 radical (unpaired) electrons. The Hall–Kier alpha value is 0.530. The van der Waals surface area contributed by atoms with Gasteiger partial charge in [-0.1, -0.05) is 6.92 Å². The molecule has 0 aromatic carbocycles. The van der Waals surface area contributed by atoms with Gasteiger partial charge in [-0.3, -0.25) is 4.55 Å². The van der Waals surface area contributed by atoms with Crippen molar-refractivity contribution in [3.8, 4) is 0 Å². The number of rotatable bonds is 6. The van der Waals surface area contributed by atoms with E-state index < -0.39 is 20.9 Å². The first-order valence-electron chi connectivity index (χ1n) is 4.39. The smallest absolute Gasteiger partial charge is 0.264 e. The lowest BCUT2D eigenvalue weighted by atomic mass is 9.83. The van der Waals surface area contributed by atoms with E-state index in [0.29, 0.717) is 0 Å². The Bertz CT molecular complexity index is 294. The second-order valence-electron chi connectivity index (χ2n) is 3.83. The summed E-state index contributed by atoms with van der Waals surface area (Å²) in [6.07, 6.45) is 0.199. The third-order valence-electron chi connectivity index (χ3n) is 2.43. The Kier molecular flexibility index (Phi) is 5.94. The number of hydrogen-bond donors (Lipinski definition) is 5. The van der Waals surface area contributed by atoms with Crippen molar-refractivity contribution in [3.63, 3.8) is 0 Å². The molecule has 0 rings (SSSR count). The molecule has 92 valence electrons. The number of nitrogens with two attached hydrogens (primary N) is 2. The monoisotopic (exact) mass is 274 g/mol. The fourth-order valence-electron chi connectivity index (χ4n) is 1.15. The van der Waals surface area contributed by atoms with Gasteiger partial charge in [0.1, 0.15) is 0 Å². The van der Waals surface area contributed by atoms with Crippen LogP contribution in [0.3, 0.4) is 0 Å². The summed E-state index contributed by atoms with van der Waals surface area (Å²) < 4.78 is 29.9. The van der Waals surface area contributed by atoms with Gasteiger partial charge in [-0.2, -0.15) is 33.7 Å². The minimum absolute atomic E-state index is 0.199. The third-order valence-corrected chi connectivity index (χ3v) is 4.63. The Morgan fingerprint density at radius 3 is 2.20 bits per heavy atom. The van der Waals surface area contributed by atoms with Gasteiger partial charge in [0.2, 0.25) is 0 Å². The first-order valence-corrected chi connectivity index (χ1v) is 7.03. The molecule has 3 atom stereocenters. The summed E-state index contributed by atoms with van der Waals surface area (Å²) in [5.74, 6) is -0.349. The Morgan fingerprint density at radius 2 is 1.93 bits per heavy atom. The largest absolute Gasteiger partial charge is 0.330 e. The van der Waals surface area contributed by atoms with Gasteiger partial charge in [-0.15, -0.1) is 0 Å². The predicted molar refractivity (Wildman–Crippen MR) is 67.9 cm³/mol. The van der Waals surface area contributed by atoms with Crippen LogP contribution in [-0.2, 0) is 10.1 Å². The quantitative estimate of drug-likeness (QED) is 0.261. The summed E-state index contributed by atoms with van der Waals surface area (Å²) in [6, 6.07) is 0. The van der Waals surface area contributed by atoms with Crippen LogP contribution in [0.15, 0.2) is 0 Å². The first kappa shape index (κ1) is 15.5. The van der Waals surface area contributed by atoms with Crippen LogP contribution in [0.2, 0.25) is 0 Å². The molecular formula is C7H18N2O3S3. The summed E-state index contributed by atoms with van der Waals surface area (Å²) in [7, 11) is -3.98. The average molecular weight is 274 g/mol. The summed E-state index contributed by atoms with van der Waals surface area (Å²) >= 11 is 8.30. The maximum absolute atomic E-state index is 10.6. The summed E-state index contributed by atoms with van der Waals surface area (Å²) in [4.78, 5) is 0. The maximum atomic E-state index is 10.6. The van der Waals surface area contributed by atoms with Crippen LogP contribution < -0.4 is 11.5 Å². The normalized spacial score (nSPS) is 20.7. The molecule has 0 aliphatic heterocycles. The van der Waals surface area contributed by atoms with Crippen LogP contribution in [0.1, 0.15) is 13.3 Å². The number of hydrogen-bond acceptors (Lipinski definition) is 6. The molecular weight excluding hydrogens is 256 g/mol. The van der Waals surface area contributed by atoms with E-state index >= 15 is 0 Å². The molecule has 0 aromatic rings. The van der Waals surface area contributed by atoms with Crippen molar-refractivity contribution >= 4 is 35.4 Å². The molecule has 0 spiro atoms. The van der Waals surface area contributed by atoms with Crippen molar-refractivity contribution in [1.29, 1.82) is 0 Å². The zero-order valence-electron chi connectivity index (χ0n) is 8.50. The molecule has 8 heteroatoms. The number of thiol groups is 2. The van der Waals surface area contributed by atoms with Crippen LogP contribution in [-0.4, -0.2) is 35.9 Å². The van der Waals surface area contributed by atoms with E-state index in [2.05, 4.69) is 25.3 Å². The highest BCUT2D eigenvalue weighted by atomic mass is 32.2. The van der Waals surface area contributed by atoms with Crippen LogP contribution in [0.5, 0.6) is 0 Å². The molecule has 15 heavy (non-hydrogen) atoms. The van der Waals surface area contributed by atoms with E-state index in [9.17, 15) is 8.42 Å². The van der Waals surface area contributed by atoms with E-state index in [1.165, 1.54) is 0 Å². The van der Waals surface area contributed by atoms with E-state index in [1.54, 1.807) is 6.92 Å². The van der Waals surface area contributed by atoms with Crippen molar-refractivity contribution in [2.45, 2.75) is 24.0 Å². The minimum atomic E-state index is -3.98. The van der Waals surface area contributed by atoms with Crippen molar-refractivity contribution in [1.82, 2.24) is 0 Å². The van der Waals surface area contributed by atoms with Crippen LogP contribution in [0, 0.1) is 5.41 Å². The Labute approximate surface area is 102 Å². The van der Waals surface area contributed by atoms with Gasteiger partial charge in [0, 0.05) is 5.25 Å². The van der Waals surface area contributed by atoms with Crippen LogP contribution in [0.25, 0.3) is 0 Å². The van der Waals surface area contributed by atoms with Crippen molar-refractivity contribution in [3.05, 3.63) is 0 Å². The molecule has 0 heterocycles. The van der Waals surface area contributed by atoms with Gasteiger partial charge >= 0.3 is 0 Å². The molecule has 0 fully saturated rings. The molecule has 0 aliphatic carbocycles. The summed E-state index contributed by atoms with van der Waals surface area (Å²) in [5, 5.41) is -0.837. The minimum Gasteiger partial charge on any atom is -0.330 e. The van der Waals surface area contributed by atoms with Crippen LogP contribution >= 0.6 is 25.3 Å². The van der Waals surface area contributed by atoms with Gasteiger partial charge in [-0.25, -0.2) is 0 Å². The molecule has 0 bridgehead atoms. The van der Waals surface area contributed by atoms with E-state index in [0.717, 1.165) is 0 Å². The lowest BCUT2D eigenvalue weighted by molar-refractivity contribution is 0.305. The highest BCUT2D eigenvalue weighted by Gasteiger charge is 2.34. The lowest BCUT2D eigenvalue weighted by Gasteiger charge is -2.35. The lowest BCUT2D eigenvalue weighted by Crippen LogP contribution is -2.45. The molecule has 0 saturated heterocycles. The summed E-state index contributed by atoms with van der Waals surface area (Å²) in [5.41, 5.74) is 10.5. The van der Waals surface area contributed by atoms with E-state index in [4.69, 9.17) is 16.0 Å². The fourth-order valence-corrected chi connectivity index (χ4v) is 2.46. The Morgan fingerprint density at radius 1 is 1.47 bits per heavy atom. The topological polar surface area (TPSA) is 106 Å². The second kappa shape index (κ2) is 5.74. The Balaban J connectivity index is 4.58. The molecule has 5 N–H and O–H groups in total. The molecule has 3 unspecified atom stereocenters. The van der Waals surface area contributed by atoms with Crippen molar-refractivity contribution in [2.75, 3.05) is 12.3 Å². The molecule has 0 saturated carbocycles. The predicted octanol–water partition coefficient (Wildman–Crippen LogP) is -0.258. The van der Waals surface area contributed by atoms with Gasteiger partial charge in [-0.05, 0) is 18.4 Å². The van der Waals surface area contributed by atoms with E-state index in [1.807, 2.05) is 0 Å². The van der Waals surface area contributed by atoms with E-state index in [-0.39, 0.29) is 24.0 Å². The second-order valence-corrected chi connectivity index (χ2v) is 6.55. The average Bonchev–Trinajstić information content (AvgIpc) is 2.11. The zero-order chi connectivity index (χ0) is 12.3. The summed E-state index contributed by atoms with van der Waals surface area (Å²) in [6.45, 7) is 2.00. The standard InChI is InChI=1S/C7H18N2O3S3/c1-7(4-8,5(13)6(9)14)2-3-15(10,11)12/h5-6,13-14H,2-4,8-9H2,1H3,(H,10,11,12). The SMILES string of the molecule is CC(CN)(CCS(=O)(=O)O)C(S)C(N)S. The highest BCUT2D eigenvalue weighted by Crippen LogP contribution is 2.31. The molecule has 0 amide bonds. The van der Waals surface area contributed by atoms with Crippen molar-refractivity contribution in [2.24, 2.45) is 16.9 Å². The van der Waals surface area contributed by atoms with Gasteiger partial charge in [0.05, 0.1) is 11.1 Å². The molecule has 0 aromatic heterocycles. The van der Waals surface area contributed by atoms with Gasteiger partial charge < -0.3 is 11.5 Å². The highest BCUT2D eigenvalue weighted by molar-refractivity contribution is 7.86. The molecule has 0 aliphatic rings. The fraction of sp³-hybridized carbons (Fsp3) is 1.00. The third kappa shape index (κ3) is 5.41.